The van der Waals surface area contributed by atoms with Gasteiger partial charge < -0.3 is 10.1 Å². The zero-order valence-corrected chi connectivity index (χ0v) is 13.0. The van der Waals surface area contributed by atoms with Gasteiger partial charge in [-0.05, 0) is 31.0 Å². The van der Waals surface area contributed by atoms with E-state index in [2.05, 4.69) is 10.4 Å². The molecule has 6 heteroatoms. The number of carbonyl (C=O) groups excluding carboxylic acids is 1. The molecule has 1 aromatic carbocycles. The van der Waals surface area contributed by atoms with Crippen LogP contribution in [0.2, 0.25) is 0 Å². The molecule has 0 aliphatic carbocycles. The largest absolute Gasteiger partial charge is 0.481 e. The molecule has 0 saturated heterocycles. The third kappa shape index (κ3) is 3.84. The second kappa shape index (κ2) is 7.06. The Labute approximate surface area is 129 Å². The highest BCUT2D eigenvalue weighted by atomic mass is 19.1. The van der Waals surface area contributed by atoms with Crippen molar-refractivity contribution in [3.8, 4) is 5.88 Å². The van der Waals surface area contributed by atoms with Crippen LogP contribution in [0.3, 0.4) is 0 Å². The van der Waals surface area contributed by atoms with Gasteiger partial charge in [0.2, 0.25) is 11.8 Å². The van der Waals surface area contributed by atoms with Crippen molar-refractivity contribution in [2.24, 2.45) is 7.05 Å². The van der Waals surface area contributed by atoms with E-state index in [-0.39, 0.29) is 11.7 Å². The molecule has 2 rings (SSSR count). The van der Waals surface area contributed by atoms with Crippen molar-refractivity contribution in [2.45, 2.75) is 26.3 Å². The Hall–Kier alpha value is -2.37. The fraction of sp³-hybridized carbons (Fsp3) is 0.375. The Kier molecular flexibility index (Phi) is 5.14. The Morgan fingerprint density at radius 1 is 1.45 bits per heavy atom. The van der Waals surface area contributed by atoms with Crippen LogP contribution in [0.4, 0.5) is 4.39 Å². The first-order valence-corrected chi connectivity index (χ1v) is 7.09. The predicted molar refractivity (Wildman–Crippen MR) is 81.1 cm³/mol. The van der Waals surface area contributed by atoms with Crippen LogP contribution in [0.15, 0.2) is 24.3 Å². The molecule has 0 atom stereocenters. The number of hydrogen-bond donors (Lipinski definition) is 1. The molecule has 2 aromatic rings. The highest BCUT2D eigenvalue weighted by Gasteiger charge is 2.14. The highest BCUT2D eigenvalue weighted by Crippen LogP contribution is 2.20. The molecule has 1 N–H and O–H groups in total. The van der Waals surface area contributed by atoms with Crippen molar-refractivity contribution >= 4 is 5.91 Å². The molecule has 1 heterocycles. The van der Waals surface area contributed by atoms with Gasteiger partial charge in [0.1, 0.15) is 5.82 Å². The third-order valence-corrected chi connectivity index (χ3v) is 3.47. The van der Waals surface area contributed by atoms with E-state index >= 15 is 0 Å². The third-order valence-electron chi connectivity index (χ3n) is 3.47. The first-order chi connectivity index (χ1) is 10.5. The summed E-state index contributed by atoms with van der Waals surface area (Å²) in [6.45, 7) is 2.24. The zero-order chi connectivity index (χ0) is 16.1. The molecule has 0 radical (unpaired) electrons. The van der Waals surface area contributed by atoms with E-state index in [1.54, 1.807) is 24.9 Å². The van der Waals surface area contributed by atoms with Crippen LogP contribution < -0.4 is 10.1 Å². The van der Waals surface area contributed by atoms with Gasteiger partial charge in [0, 0.05) is 20.0 Å². The Morgan fingerprint density at radius 2 is 2.23 bits per heavy atom. The van der Waals surface area contributed by atoms with Gasteiger partial charge in [0.25, 0.3) is 0 Å². The average Bonchev–Trinajstić information content (AvgIpc) is 2.76. The average molecular weight is 305 g/mol. The van der Waals surface area contributed by atoms with E-state index in [1.165, 1.54) is 12.1 Å². The molecule has 0 fully saturated rings. The van der Waals surface area contributed by atoms with Gasteiger partial charge in [-0.25, -0.2) is 9.07 Å². The number of nitrogens with zero attached hydrogens (tertiary/aromatic N) is 2. The predicted octanol–water partition coefficient (Wildman–Crippen LogP) is 2.13. The van der Waals surface area contributed by atoms with Gasteiger partial charge in [-0.1, -0.05) is 12.1 Å². The van der Waals surface area contributed by atoms with Gasteiger partial charge in [0.05, 0.1) is 18.4 Å². The number of benzene rings is 1. The van der Waals surface area contributed by atoms with Crippen LogP contribution in [0, 0.1) is 12.7 Å². The maximum absolute atomic E-state index is 13.1. The number of ether oxygens (including phenoxy) is 1. The summed E-state index contributed by atoms with van der Waals surface area (Å²) in [5.41, 5.74) is 2.50. The highest BCUT2D eigenvalue weighted by molar-refractivity contribution is 5.76. The minimum atomic E-state index is -0.284. The second-order valence-corrected chi connectivity index (χ2v) is 5.10. The molecule has 0 unspecified atom stereocenters. The Bertz CT molecular complexity index is 667. The summed E-state index contributed by atoms with van der Waals surface area (Å²) in [5, 5.41) is 7.11. The van der Waals surface area contributed by atoms with Crippen molar-refractivity contribution in [1.29, 1.82) is 0 Å². The SMILES string of the molecule is COc1c(CNC(=O)CCc2cccc(F)c2)c(C)nn1C. The van der Waals surface area contributed by atoms with Crippen LogP contribution >= 0.6 is 0 Å². The van der Waals surface area contributed by atoms with Gasteiger partial charge in [0.15, 0.2) is 0 Å². The molecule has 0 spiro atoms. The lowest BCUT2D eigenvalue weighted by atomic mass is 10.1. The number of aryl methyl sites for hydroxylation is 3. The summed E-state index contributed by atoms with van der Waals surface area (Å²) in [4.78, 5) is 11.9. The van der Waals surface area contributed by atoms with Crippen molar-refractivity contribution in [2.75, 3.05) is 7.11 Å². The number of aromatic nitrogens is 2. The van der Waals surface area contributed by atoms with Crippen molar-refractivity contribution in [1.82, 2.24) is 15.1 Å². The summed E-state index contributed by atoms with van der Waals surface area (Å²) in [6, 6.07) is 6.29. The number of methoxy groups -OCH3 is 1. The minimum Gasteiger partial charge on any atom is -0.481 e. The fourth-order valence-corrected chi connectivity index (χ4v) is 2.37. The molecule has 1 amide bonds. The summed E-state index contributed by atoms with van der Waals surface area (Å²) in [6.07, 6.45) is 0.817. The van der Waals surface area contributed by atoms with Gasteiger partial charge in [-0.15, -0.1) is 0 Å². The lowest BCUT2D eigenvalue weighted by molar-refractivity contribution is -0.121. The molecule has 22 heavy (non-hydrogen) atoms. The van der Waals surface area contributed by atoms with E-state index in [0.717, 1.165) is 16.8 Å². The Morgan fingerprint density at radius 3 is 2.91 bits per heavy atom. The zero-order valence-electron chi connectivity index (χ0n) is 13.0. The molecular formula is C16H20FN3O2. The lowest BCUT2D eigenvalue weighted by Gasteiger charge is -2.07. The topological polar surface area (TPSA) is 56.1 Å². The van der Waals surface area contributed by atoms with Crippen molar-refractivity contribution in [3.05, 3.63) is 46.9 Å². The number of hydrogen-bond acceptors (Lipinski definition) is 3. The summed E-state index contributed by atoms with van der Waals surface area (Å²) in [7, 11) is 3.37. The van der Waals surface area contributed by atoms with E-state index in [1.807, 2.05) is 13.0 Å². The lowest BCUT2D eigenvalue weighted by Crippen LogP contribution is -2.23. The first-order valence-electron chi connectivity index (χ1n) is 7.09. The van der Waals surface area contributed by atoms with E-state index < -0.39 is 0 Å². The smallest absolute Gasteiger partial charge is 0.220 e. The quantitative estimate of drug-likeness (QED) is 0.889. The Balaban J connectivity index is 1.88. The second-order valence-electron chi connectivity index (χ2n) is 5.10. The summed E-state index contributed by atoms with van der Waals surface area (Å²) in [5.74, 6) is 0.270. The molecule has 0 aliphatic heterocycles. The fourth-order valence-electron chi connectivity index (χ4n) is 2.37. The number of nitrogens with one attached hydrogen (secondary N) is 1. The molecule has 118 valence electrons. The summed E-state index contributed by atoms with van der Waals surface area (Å²) >= 11 is 0. The molecule has 0 bridgehead atoms. The van der Waals surface area contributed by atoms with E-state index in [4.69, 9.17) is 4.74 Å². The van der Waals surface area contributed by atoms with Gasteiger partial charge in [-0.2, -0.15) is 5.10 Å². The van der Waals surface area contributed by atoms with Gasteiger partial charge >= 0.3 is 0 Å². The first kappa shape index (κ1) is 16.0. The maximum Gasteiger partial charge on any atom is 0.220 e. The number of halogens is 1. The number of rotatable bonds is 6. The molecular weight excluding hydrogens is 285 g/mol. The van der Waals surface area contributed by atoms with Crippen LogP contribution in [0.5, 0.6) is 5.88 Å². The maximum atomic E-state index is 13.1. The molecule has 5 nitrogen and oxygen atoms in total. The molecule has 1 aromatic heterocycles. The number of amides is 1. The van der Waals surface area contributed by atoms with Crippen LogP contribution in [0.25, 0.3) is 0 Å². The van der Waals surface area contributed by atoms with Crippen LogP contribution in [-0.4, -0.2) is 22.8 Å². The van der Waals surface area contributed by atoms with Crippen molar-refractivity contribution in [3.63, 3.8) is 0 Å². The van der Waals surface area contributed by atoms with Crippen LogP contribution in [-0.2, 0) is 24.8 Å². The normalized spacial score (nSPS) is 10.5. The molecule has 0 saturated carbocycles. The number of carbonyl (C=O) groups is 1. The minimum absolute atomic E-state index is 0.0884. The monoisotopic (exact) mass is 305 g/mol. The van der Waals surface area contributed by atoms with Crippen molar-refractivity contribution < 1.29 is 13.9 Å². The van der Waals surface area contributed by atoms with E-state index in [9.17, 15) is 9.18 Å². The summed E-state index contributed by atoms with van der Waals surface area (Å²) < 4.78 is 20.0. The van der Waals surface area contributed by atoms with Crippen LogP contribution in [0.1, 0.15) is 23.2 Å². The standard InChI is InChI=1S/C16H20FN3O2/c1-11-14(16(22-3)20(2)19-11)10-18-15(21)8-7-12-5-4-6-13(17)9-12/h4-6,9H,7-8,10H2,1-3H3,(H,18,21). The van der Waals surface area contributed by atoms with E-state index in [0.29, 0.717) is 25.3 Å². The molecule has 0 aliphatic rings. The van der Waals surface area contributed by atoms with Gasteiger partial charge in [-0.3, -0.25) is 4.79 Å².